The van der Waals surface area contributed by atoms with Crippen molar-refractivity contribution in [1.29, 1.82) is 0 Å². The number of hydrogen-bond donors (Lipinski definition) is 0. The molecule has 0 aliphatic carbocycles. The van der Waals surface area contributed by atoms with Crippen molar-refractivity contribution in [3.05, 3.63) is 82.5 Å². The van der Waals surface area contributed by atoms with Gasteiger partial charge in [-0.15, -0.1) is 0 Å². The molecule has 0 saturated carbocycles. The SMILES string of the molecule is Cc1nn(-c2ccccc2)c2nc3c(cc12)CN(Cc1ccccc1Cl)C(=O)O3. The van der Waals surface area contributed by atoms with Gasteiger partial charge in [-0.3, -0.25) is 4.90 Å². The Morgan fingerprint density at radius 2 is 1.86 bits per heavy atom. The van der Waals surface area contributed by atoms with Crippen molar-refractivity contribution in [2.75, 3.05) is 0 Å². The van der Waals surface area contributed by atoms with Crippen LogP contribution >= 0.6 is 11.6 Å². The predicted octanol–water partition coefficient (Wildman–Crippen LogP) is 4.90. The van der Waals surface area contributed by atoms with Gasteiger partial charge in [-0.2, -0.15) is 10.1 Å². The summed E-state index contributed by atoms with van der Waals surface area (Å²) in [5.74, 6) is 0.329. The van der Waals surface area contributed by atoms with Crippen LogP contribution in [-0.2, 0) is 13.1 Å². The topological polar surface area (TPSA) is 60.2 Å². The van der Waals surface area contributed by atoms with Gasteiger partial charge < -0.3 is 4.74 Å². The lowest BCUT2D eigenvalue weighted by Gasteiger charge is -2.27. The largest absolute Gasteiger partial charge is 0.417 e. The van der Waals surface area contributed by atoms with Gasteiger partial charge in [-0.1, -0.05) is 48.0 Å². The van der Waals surface area contributed by atoms with Crippen molar-refractivity contribution in [3.8, 4) is 11.6 Å². The Morgan fingerprint density at radius 1 is 1.10 bits per heavy atom. The fourth-order valence-electron chi connectivity index (χ4n) is 3.53. The highest BCUT2D eigenvalue weighted by Crippen LogP contribution is 2.31. The zero-order valence-electron chi connectivity index (χ0n) is 15.7. The number of halogens is 1. The lowest BCUT2D eigenvalue weighted by atomic mass is 10.1. The Labute approximate surface area is 172 Å². The number of pyridine rings is 1. The van der Waals surface area contributed by atoms with Crippen LogP contribution in [0.25, 0.3) is 16.7 Å². The monoisotopic (exact) mass is 404 g/mol. The van der Waals surface area contributed by atoms with Crippen LogP contribution in [0.5, 0.6) is 5.88 Å². The van der Waals surface area contributed by atoms with Crippen LogP contribution in [0, 0.1) is 6.92 Å². The number of carbonyl (C=O) groups is 1. The second kappa shape index (κ2) is 6.90. The Bertz CT molecular complexity index is 1240. The van der Waals surface area contributed by atoms with Gasteiger partial charge in [0.05, 0.1) is 24.5 Å². The molecule has 0 bridgehead atoms. The molecule has 0 N–H and O–H groups in total. The van der Waals surface area contributed by atoms with Gasteiger partial charge in [-0.05, 0) is 36.8 Å². The van der Waals surface area contributed by atoms with E-state index in [-0.39, 0.29) is 0 Å². The van der Waals surface area contributed by atoms with Crippen LogP contribution in [0.1, 0.15) is 16.8 Å². The van der Waals surface area contributed by atoms with E-state index < -0.39 is 6.09 Å². The average molecular weight is 405 g/mol. The van der Waals surface area contributed by atoms with Crippen LogP contribution in [-0.4, -0.2) is 25.8 Å². The van der Waals surface area contributed by atoms with Crippen LogP contribution in [0.4, 0.5) is 4.79 Å². The van der Waals surface area contributed by atoms with E-state index in [1.807, 2.05) is 67.6 Å². The van der Waals surface area contributed by atoms with E-state index in [1.54, 1.807) is 9.58 Å². The molecule has 3 heterocycles. The molecule has 0 radical (unpaired) electrons. The van der Waals surface area contributed by atoms with E-state index in [4.69, 9.17) is 16.3 Å². The van der Waals surface area contributed by atoms with E-state index in [9.17, 15) is 4.79 Å². The molecule has 7 heteroatoms. The fourth-order valence-corrected chi connectivity index (χ4v) is 3.72. The van der Waals surface area contributed by atoms with Crippen LogP contribution < -0.4 is 4.74 Å². The standard InChI is InChI=1S/C22H17ClN4O2/c1-14-18-11-16-13-26(12-15-7-5-6-10-19(15)23)22(28)29-21(16)24-20(18)27(25-14)17-8-3-2-4-9-17/h2-11H,12-13H2,1H3. The van der Waals surface area contributed by atoms with Gasteiger partial charge in [0.2, 0.25) is 5.88 Å². The summed E-state index contributed by atoms with van der Waals surface area (Å²) in [6.07, 6.45) is -0.438. The maximum absolute atomic E-state index is 12.6. The number of hydrogen-bond acceptors (Lipinski definition) is 4. The molecule has 29 heavy (non-hydrogen) atoms. The van der Waals surface area contributed by atoms with Crippen molar-refractivity contribution in [2.45, 2.75) is 20.0 Å². The summed E-state index contributed by atoms with van der Waals surface area (Å²) in [4.78, 5) is 18.8. The molecular weight excluding hydrogens is 388 g/mol. The van der Waals surface area contributed by atoms with Crippen molar-refractivity contribution >= 4 is 28.7 Å². The minimum atomic E-state index is -0.438. The molecule has 0 spiro atoms. The van der Waals surface area contributed by atoms with E-state index in [0.29, 0.717) is 29.6 Å². The number of para-hydroxylation sites is 1. The fraction of sp³-hybridized carbons (Fsp3) is 0.136. The number of rotatable bonds is 3. The number of nitrogens with zero attached hydrogens (tertiary/aromatic N) is 4. The molecule has 5 rings (SSSR count). The quantitative estimate of drug-likeness (QED) is 0.487. The Morgan fingerprint density at radius 3 is 2.66 bits per heavy atom. The van der Waals surface area contributed by atoms with Gasteiger partial charge >= 0.3 is 6.09 Å². The van der Waals surface area contributed by atoms with Gasteiger partial charge in [0.15, 0.2) is 5.65 Å². The smallest absolute Gasteiger partial charge is 0.391 e. The highest BCUT2D eigenvalue weighted by Gasteiger charge is 2.28. The van der Waals surface area contributed by atoms with Gasteiger partial charge in [0.1, 0.15) is 0 Å². The van der Waals surface area contributed by atoms with E-state index in [2.05, 4.69) is 10.1 Å². The summed E-state index contributed by atoms with van der Waals surface area (Å²) < 4.78 is 7.33. The normalized spacial score (nSPS) is 13.4. The second-order valence-electron chi connectivity index (χ2n) is 6.97. The molecule has 1 aliphatic rings. The predicted molar refractivity (Wildman–Crippen MR) is 110 cm³/mol. The summed E-state index contributed by atoms with van der Waals surface area (Å²) in [7, 11) is 0. The molecule has 144 valence electrons. The van der Waals surface area contributed by atoms with Crippen molar-refractivity contribution in [3.63, 3.8) is 0 Å². The highest BCUT2D eigenvalue weighted by molar-refractivity contribution is 6.31. The number of carbonyl (C=O) groups excluding carboxylic acids is 1. The van der Waals surface area contributed by atoms with E-state index >= 15 is 0 Å². The number of amides is 1. The third-order valence-corrected chi connectivity index (χ3v) is 5.37. The molecular formula is C22H17ClN4O2. The maximum atomic E-state index is 12.6. The summed E-state index contributed by atoms with van der Waals surface area (Å²) in [5.41, 5.74) is 4.16. The maximum Gasteiger partial charge on any atom is 0.417 e. The molecule has 0 unspecified atom stereocenters. The summed E-state index contributed by atoms with van der Waals surface area (Å²) >= 11 is 6.25. The minimum Gasteiger partial charge on any atom is -0.391 e. The number of ether oxygens (including phenoxy) is 1. The van der Waals surface area contributed by atoms with Gasteiger partial charge in [-0.25, -0.2) is 9.48 Å². The number of fused-ring (bicyclic) bond motifs is 2. The van der Waals surface area contributed by atoms with Gasteiger partial charge in [0, 0.05) is 16.0 Å². The molecule has 6 nitrogen and oxygen atoms in total. The summed E-state index contributed by atoms with van der Waals surface area (Å²) in [6, 6.07) is 19.3. The summed E-state index contributed by atoms with van der Waals surface area (Å²) in [6.45, 7) is 2.72. The van der Waals surface area contributed by atoms with Crippen LogP contribution in [0.2, 0.25) is 5.02 Å². The van der Waals surface area contributed by atoms with Crippen molar-refractivity contribution in [1.82, 2.24) is 19.7 Å². The molecule has 2 aromatic heterocycles. The first-order chi connectivity index (χ1) is 14.1. The number of benzene rings is 2. The molecule has 0 fully saturated rings. The lowest BCUT2D eigenvalue weighted by molar-refractivity contribution is 0.133. The first-order valence-electron chi connectivity index (χ1n) is 9.25. The zero-order chi connectivity index (χ0) is 20.0. The molecule has 2 aromatic carbocycles. The number of aryl methyl sites for hydroxylation is 1. The molecule has 0 atom stereocenters. The van der Waals surface area contributed by atoms with E-state index in [1.165, 1.54) is 0 Å². The van der Waals surface area contributed by atoms with E-state index in [0.717, 1.165) is 27.9 Å². The van der Waals surface area contributed by atoms with Crippen molar-refractivity contribution in [2.24, 2.45) is 0 Å². The summed E-state index contributed by atoms with van der Waals surface area (Å²) in [5, 5.41) is 6.19. The third-order valence-electron chi connectivity index (χ3n) is 5.01. The highest BCUT2D eigenvalue weighted by atomic mass is 35.5. The zero-order valence-corrected chi connectivity index (χ0v) is 16.4. The molecule has 4 aromatic rings. The Hall–Kier alpha value is -3.38. The minimum absolute atomic E-state index is 0.329. The van der Waals surface area contributed by atoms with Crippen LogP contribution in [0.3, 0.4) is 0 Å². The first kappa shape index (κ1) is 17.7. The van der Waals surface area contributed by atoms with Gasteiger partial charge in [0.25, 0.3) is 0 Å². The molecule has 1 aliphatic heterocycles. The number of aromatic nitrogens is 3. The Balaban J connectivity index is 1.53. The average Bonchev–Trinajstić information content (AvgIpc) is 3.05. The molecule has 1 amide bonds. The first-order valence-corrected chi connectivity index (χ1v) is 9.63. The molecule has 0 saturated heterocycles. The van der Waals surface area contributed by atoms with Crippen molar-refractivity contribution < 1.29 is 9.53 Å². The third kappa shape index (κ3) is 3.11. The second-order valence-corrected chi connectivity index (χ2v) is 7.38. The lowest BCUT2D eigenvalue weighted by Crippen LogP contribution is -2.36. The Kier molecular flexibility index (Phi) is 4.21. The van der Waals surface area contributed by atoms with Crippen LogP contribution in [0.15, 0.2) is 60.7 Å².